The largest absolute Gasteiger partial charge is 0.481 e. The molecule has 1 aliphatic rings. The fourth-order valence-electron chi connectivity index (χ4n) is 4.26. The highest BCUT2D eigenvalue weighted by Crippen LogP contribution is 2.26. The lowest BCUT2D eigenvalue weighted by atomic mass is 9.86. The minimum absolute atomic E-state index is 0.0625. The number of aliphatic carboxylic acids is 1. The predicted molar refractivity (Wildman–Crippen MR) is 142 cm³/mol. The van der Waals surface area contributed by atoms with E-state index in [9.17, 15) is 28.3 Å². The maximum Gasteiger partial charge on any atom is 0.323 e. The Hall–Kier alpha value is -4.59. The third-order valence-electron chi connectivity index (χ3n) is 6.30. The minimum Gasteiger partial charge on any atom is -0.481 e. The fourth-order valence-corrected chi connectivity index (χ4v) is 4.26. The number of anilines is 2. The molecule has 8 heteroatoms. The van der Waals surface area contributed by atoms with E-state index in [0.717, 1.165) is 29.7 Å². The van der Waals surface area contributed by atoms with E-state index in [4.69, 9.17) is 0 Å². The molecule has 3 aromatic carbocycles. The molecule has 4 rings (SSSR count). The number of rotatable bonds is 9. The van der Waals surface area contributed by atoms with E-state index >= 15 is 0 Å². The average molecular weight is 517 g/mol. The highest BCUT2D eigenvalue weighted by molar-refractivity contribution is 6.00. The summed E-state index contributed by atoms with van der Waals surface area (Å²) in [4.78, 5) is 36.7. The van der Waals surface area contributed by atoms with Crippen molar-refractivity contribution in [2.45, 2.75) is 19.3 Å². The van der Waals surface area contributed by atoms with Crippen LogP contribution in [0.2, 0.25) is 0 Å². The SMILES string of the molecule is O=C(Nc1ccc(-c2ccc(C(=O)CC(CC3C=CC=CC3)C(=O)O)cc2)cc1)Nc1ccc(F)cc1F. The Balaban J connectivity index is 1.34. The van der Waals surface area contributed by atoms with Gasteiger partial charge in [-0.05, 0) is 54.2 Å². The Labute approximate surface area is 218 Å². The van der Waals surface area contributed by atoms with Gasteiger partial charge in [-0.25, -0.2) is 13.6 Å². The van der Waals surface area contributed by atoms with Gasteiger partial charge in [0.25, 0.3) is 0 Å². The van der Waals surface area contributed by atoms with E-state index in [0.29, 0.717) is 23.7 Å². The number of Topliss-reactive ketones (excluding diaryl/α,β-unsaturated/α-hetero) is 1. The van der Waals surface area contributed by atoms with Crippen molar-refractivity contribution in [1.82, 2.24) is 0 Å². The fraction of sp³-hybridized carbons (Fsp3) is 0.167. The van der Waals surface area contributed by atoms with Gasteiger partial charge in [-0.2, -0.15) is 0 Å². The lowest BCUT2D eigenvalue weighted by Gasteiger charge is -2.18. The van der Waals surface area contributed by atoms with Crippen molar-refractivity contribution < 1.29 is 28.3 Å². The molecule has 2 amide bonds. The summed E-state index contributed by atoms with van der Waals surface area (Å²) < 4.78 is 26.7. The molecule has 6 nitrogen and oxygen atoms in total. The number of urea groups is 1. The molecule has 0 radical (unpaired) electrons. The van der Waals surface area contributed by atoms with Gasteiger partial charge in [0.1, 0.15) is 11.6 Å². The number of allylic oxidation sites excluding steroid dienone is 4. The second kappa shape index (κ2) is 12.1. The van der Waals surface area contributed by atoms with Crippen molar-refractivity contribution in [2.24, 2.45) is 11.8 Å². The molecule has 1 aliphatic carbocycles. The Bertz CT molecular complexity index is 1380. The molecule has 0 saturated carbocycles. The zero-order valence-corrected chi connectivity index (χ0v) is 20.4. The summed E-state index contributed by atoms with van der Waals surface area (Å²) in [5, 5.41) is 14.5. The van der Waals surface area contributed by atoms with Crippen molar-refractivity contribution in [3.8, 4) is 11.1 Å². The molecule has 0 aromatic heterocycles. The van der Waals surface area contributed by atoms with Crippen LogP contribution in [0, 0.1) is 23.5 Å². The number of hydrogen-bond donors (Lipinski definition) is 3. The molecule has 3 N–H and O–H groups in total. The van der Waals surface area contributed by atoms with Crippen LogP contribution in [0.25, 0.3) is 11.1 Å². The zero-order chi connectivity index (χ0) is 27.1. The molecular weight excluding hydrogens is 490 g/mol. The number of carboxylic acid groups (broad SMARTS) is 1. The van der Waals surface area contributed by atoms with Gasteiger partial charge in [0.05, 0.1) is 11.6 Å². The Morgan fingerprint density at radius 3 is 2.18 bits per heavy atom. The third-order valence-corrected chi connectivity index (χ3v) is 6.30. The van der Waals surface area contributed by atoms with Gasteiger partial charge >= 0.3 is 12.0 Å². The number of nitrogens with one attached hydrogen (secondary N) is 2. The first-order chi connectivity index (χ1) is 18.3. The second-order valence-corrected chi connectivity index (χ2v) is 9.06. The summed E-state index contributed by atoms with van der Waals surface area (Å²) in [6.45, 7) is 0. The molecular formula is C30H26F2N2O4. The number of carbonyl (C=O) groups is 3. The Kier molecular flexibility index (Phi) is 8.43. The summed E-state index contributed by atoms with van der Waals surface area (Å²) in [6, 6.07) is 16.0. The summed E-state index contributed by atoms with van der Waals surface area (Å²) in [5.41, 5.74) is 2.43. The summed E-state index contributed by atoms with van der Waals surface area (Å²) in [7, 11) is 0. The van der Waals surface area contributed by atoms with Crippen LogP contribution in [-0.2, 0) is 4.79 Å². The molecule has 0 saturated heterocycles. The molecule has 0 bridgehead atoms. The van der Waals surface area contributed by atoms with Gasteiger partial charge in [-0.1, -0.05) is 60.7 Å². The molecule has 38 heavy (non-hydrogen) atoms. The standard InChI is InChI=1S/C30H26F2N2O4/c31-24-12-15-27(26(32)18-24)34-30(38)33-25-13-10-21(11-14-25)20-6-8-22(9-7-20)28(35)17-23(29(36)37)16-19-4-2-1-3-5-19/h1-4,6-15,18-19,23H,5,16-17H2,(H,36,37)(H2,33,34,38). The van der Waals surface area contributed by atoms with Crippen molar-refractivity contribution in [3.05, 3.63) is 108 Å². The quantitative estimate of drug-likeness (QED) is 0.265. The minimum atomic E-state index is -0.969. The highest BCUT2D eigenvalue weighted by atomic mass is 19.1. The third kappa shape index (κ3) is 7.00. The molecule has 2 unspecified atom stereocenters. The van der Waals surface area contributed by atoms with E-state index in [2.05, 4.69) is 10.6 Å². The first-order valence-electron chi connectivity index (χ1n) is 12.1. The van der Waals surface area contributed by atoms with Crippen LogP contribution in [0.1, 0.15) is 29.6 Å². The first kappa shape index (κ1) is 26.5. The van der Waals surface area contributed by atoms with Crippen LogP contribution in [-0.4, -0.2) is 22.9 Å². The zero-order valence-electron chi connectivity index (χ0n) is 20.4. The maximum absolute atomic E-state index is 13.7. The van der Waals surface area contributed by atoms with Crippen LogP contribution < -0.4 is 10.6 Å². The van der Waals surface area contributed by atoms with E-state index in [1.165, 1.54) is 0 Å². The number of ketones is 1. The number of benzene rings is 3. The highest BCUT2D eigenvalue weighted by Gasteiger charge is 2.25. The van der Waals surface area contributed by atoms with E-state index in [1.54, 1.807) is 48.5 Å². The van der Waals surface area contributed by atoms with E-state index in [1.807, 2.05) is 24.3 Å². The summed E-state index contributed by atoms with van der Waals surface area (Å²) in [6.07, 6.45) is 8.93. The number of amides is 2. The smallest absolute Gasteiger partial charge is 0.323 e. The summed E-state index contributed by atoms with van der Waals surface area (Å²) >= 11 is 0. The van der Waals surface area contributed by atoms with Gasteiger partial charge in [0.15, 0.2) is 5.78 Å². The van der Waals surface area contributed by atoms with Crippen LogP contribution in [0.5, 0.6) is 0 Å². The van der Waals surface area contributed by atoms with Crippen LogP contribution in [0.15, 0.2) is 91.0 Å². The Morgan fingerprint density at radius 1 is 0.895 bits per heavy atom. The van der Waals surface area contributed by atoms with E-state index < -0.39 is 29.6 Å². The normalized spacial score (nSPS) is 15.1. The predicted octanol–water partition coefficient (Wildman–Crippen LogP) is 7.07. The number of hydrogen-bond acceptors (Lipinski definition) is 3. The number of carbonyl (C=O) groups excluding carboxylic acids is 2. The van der Waals surface area contributed by atoms with Gasteiger partial charge < -0.3 is 15.7 Å². The molecule has 0 spiro atoms. The van der Waals surface area contributed by atoms with Crippen LogP contribution >= 0.6 is 0 Å². The number of halogens is 2. The van der Waals surface area contributed by atoms with Crippen LogP contribution in [0.4, 0.5) is 25.0 Å². The Morgan fingerprint density at radius 2 is 1.58 bits per heavy atom. The molecule has 0 fully saturated rings. The molecule has 0 heterocycles. The van der Waals surface area contributed by atoms with Gasteiger partial charge in [-0.15, -0.1) is 0 Å². The molecule has 194 valence electrons. The lowest BCUT2D eigenvalue weighted by Crippen LogP contribution is -2.21. The lowest BCUT2D eigenvalue weighted by molar-refractivity contribution is -0.142. The average Bonchev–Trinajstić information content (AvgIpc) is 2.91. The maximum atomic E-state index is 13.7. The number of carboxylic acids is 1. The van der Waals surface area contributed by atoms with Crippen molar-refractivity contribution in [1.29, 1.82) is 0 Å². The molecule has 3 aromatic rings. The van der Waals surface area contributed by atoms with Gasteiger partial charge in [0, 0.05) is 23.7 Å². The van der Waals surface area contributed by atoms with Gasteiger partial charge in [0.2, 0.25) is 0 Å². The topological polar surface area (TPSA) is 95.5 Å². The monoisotopic (exact) mass is 516 g/mol. The second-order valence-electron chi connectivity index (χ2n) is 9.06. The van der Waals surface area contributed by atoms with Crippen molar-refractivity contribution in [2.75, 3.05) is 10.6 Å². The van der Waals surface area contributed by atoms with Crippen molar-refractivity contribution in [3.63, 3.8) is 0 Å². The van der Waals surface area contributed by atoms with E-state index in [-0.39, 0.29) is 23.8 Å². The van der Waals surface area contributed by atoms with Crippen LogP contribution in [0.3, 0.4) is 0 Å². The molecule has 2 atom stereocenters. The molecule has 0 aliphatic heterocycles. The first-order valence-corrected chi connectivity index (χ1v) is 12.1. The van der Waals surface area contributed by atoms with Gasteiger partial charge in [-0.3, -0.25) is 9.59 Å². The summed E-state index contributed by atoms with van der Waals surface area (Å²) in [5.74, 6) is -3.44. The van der Waals surface area contributed by atoms with Crippen molar-refractivity contribution >= 4 is 29.2 Å².